The van der Waals surface area contributed by atoms with Crippen LogP contribution in [0.2, 0.25) is 13.7 Å². The van der Waals surface area contributed by atoms with E-state index in [0.717, 1.165) is 4.90 Å². The van der Waals surface area contributed by atoms with Gasteiger partial charge in [0.25, 0.3) is 5.89 Å². The molecule has 0 aliphatic carbocycles. The van der Waals surface area contributed by atoms with Crippen LogP contribution in [0.5, 0.6) is 0 Å². The number of nitrogens with one attached hydrogen (secondary N) is 1. The molecule has 2 heterocycles. The van der Waals surface area contributed by atoms with Gasteiger partial charge in [-0.3, -0.25) is 10.1 Å². The van der Waals surface area contributed by atoms with E-state index in [1.165, 1.54) is 11.3 Å². The molecule has 0 saturated heterocycles. The van der Waals surface area contributed by atoms with E-state index in [4.69, 9.17) is 39.2 Å². The lowest BCUT2D eigenvalue weighted by molar-refractivity contribution is -0.115. The number of hydrogen-bond donors (Lipinski definition) is 1. The summed E-state index contributed by atoms with van der Waals surface area (Å²) in [5.41, 5.74) is 0.544. The average Bonchev–Trinajstić information content (AvgIpc) is 3.15. The van der Waals surface area contributed by atoms with Gasteiger partial charge in [0.05, 0.1) is 9.90 Å². The van der Waals surface area contributed by atoms with Crippen molar-refractivity contribution in [1.82, 2.24) is 10.2 Å². The lowest BCUT2D eigenvalue weighted by Crippen LogP contribution is -2.12. The summed E-state index contributed by atoms with van der Waals surface area (Å²) in [5, 5.41) is 10.9. The number of thiophene rings is 1. The number of benzene rings is 1. The first-order valence-corrected chi connectivity index (χ1v) is 9.92. The van der Waals surface area contributed by atoms with Crippen LogP contribution in [0.15, 0.2) is 39.6 Å². The minimum Gasteiger partial charge on any atom is -0.403 e. The summed E-state index contributed by atoms with van der Waals surface area (Å²) in [7, 11) is 0. The topological polar surface area (TPSA) is 68.0 Å². The van der Waals surface area contributed by atoms with Crippen LogP contribution in [-0.4, -0.2) is 21.9 Å². The third-order valence-corrected chi connectivity index (χ3v) is 5.72. The molecule has 0 fully saturated rings. The molecule has 3 aromatic rings. The minimum atomic E-state index is -0.217. The highest BCUT2D eigenvalue weighted by atomic mass is 35.5. The van der Waals surface area contributed by atoms with E-state index in [1.807, 2.05) is 24.3 Å². The Hall–Kier alpha value is -1.25. The molecule has 0 atom stereocenters. The molecular weight excluding hydrogens is 425 g/mol. The minimum absolute atomic E-state index is 0.0230. The van der Waals surface area contributed by atoms with Crippen LogP contribution in [0.25, 0.3) is 11.5 Å². The van der Waals surface area contributed by atoms with Crippen molar-refractivity contribution in [3.8, 4) is 11.5 Å². The molecule has 1 aromatic carbocycles. The number of thioether (sulfide) groups is 1. The Labute approximate surface area is 166 Å². The number of amides is 1. The molecule has 0 saturated carbocycles. The Morgan fingerprint density at radius 3 is 2.64 bits per heavy atom. The molecule has 130 valence electrons. The van der Waals surface area contributed by atoms with Crippen LogP contribution in [0.1, 0.15) is 6.42 Å². The van der Waals surface area contributed by atoms with Gasteiger partial charge >= 0.3 is 6.01 Å². The Morgan fingerprint density at radius 2 is 1.96 bits per heavy atom. The van der Waals surface area contributed by atoms with Gasteiger partial charge in [0.15, 0.2) is 0 Å². The van der Waals surface area contributed by atoms with E-state index >= 15 is 0 Å². The number of anilines is 1. The molecule has 10 heteroatoms. The molecule has 2 aromatic heterocycles. The lowest BCUT2D eigenvalue weighted by atomic mass is 10.3. The number of halogens is 3. The fraction of sp³-hybridized carbons (Fsp3) is 0.133. The van der Waals surface area contributed by atoms with E-state index in [1.54, 1.807) is 17.8 Å². The van der Waals surface area contributed by atoms with E-state index in [2.05, 4.69) is 15.5 Å². The van der Waals surface area contributed by atoms with Crippen molar-refractivity contribution in [2.75, 3.05) is 11.1 Å². The predicted molar refractivity (Wildman–Crippen MR) is 103 cm³/mol. The van der Waals surface area contributed by atoms with Crippen molar-refractivity contribution < 1.29 is 9.21 Å². The number of aromatic nitrogens is 2. The quantitative estimate of drug-likeness (QED) is 0.491. The second kappa shape index (κ2) is 8.42. The van der Waals surface area contributed by atoms with E-state index in [-0.39, 0.29) is 17.8 Å². The second-order valence-electron chi connectivity index (χ2n) is 4.75. The standard InChI is InChI=1S/C15H10Cl3N3O2S2/c16-8-1-3-9(4-2-8)24-6-5-12(22)19-15-21-20-14(23-15)10-7-11(17)25-13(10)18/h1-4,7H,5-6H2,(H,19,21,22). The van der Waals surface area contributed by atoms with Gasteiger partial charge < -0.3 is 4.42 Å². The van der Waals surface area contributed by atoms with Crippen molar-refractivity contribution in [2.24, 2.45) is 0 Å². The SMILES string of the molecule is O=C(CCSc1ccc(Cl)cc1)Nc1nnc(-c2cc(Cl)sc2Cl)o1. The van der Waals surface area contributed by atoms with Gasteiger partial charge in [-0.15, -0.1) is 28.2 Å². The van der Waals surface area contributed by atoms with Gasteiger partial charge in [-0.25, -0.2) is 0 Å². The molecule has 1 N–H and O–H groups in total. The van der Waals surface area contributed by atoms with Crippen molar-refractivity contribution >= 4 is 69.8 Å². The van der Waals surface area contributed by atoms with Crippen LogP contribution < -0.4 is 5.32 Å². The number of hydrogen-bond acceptors (Lipinski definition) is 6. The number of nitrogens with zero attached hydrogens (tertiary/aromatic N) is 2. The molecule has 0 aliphatic heterocycles. The molecule has 3 rings (SSSR count). The summed E-state index contributed by atoms with van der Waals surface area (Å²) >= 11 is 20.5. The maximum Gasteiger partial charge on any atom is 0.322 e. The summed E-state index contributed by atoms with van der Waals surface area (Å²) < 4.78 is 6.37. The third-order valence-electron chi connectivity index (χ3n) is 2.97. The zero-order valence-electron chi connectivity index (χ0n) is 12.5. The van der Waals surface area contributed by atoms with Gasteiger partial charge in [0.2, 0.25) is 5.91 Å². The molecule has 0 spiro atoms. The van der Waals surface area contributed by atoms with Gasteiger partial charge in [-0.05, 0) is 30.3 Å². The highest BCUT2D eigenvalue weighted by molar-refractivity contribution is 7.99. The summed E-state index contributed by atoms with van der Waals surface area (Å²) in [5.74, 6) is 0.602. The summed E-state index contributed by atoms with van der Waals surface area (Å²) in [6.07, 6.45) is 0.302. The Morgan fingerprint density at radius 1 is 1.20 bits per heavy atom. The molecule has 1 amide bonds. The smallest absolute Gasteiger partial charge is 0.322 e. The zero-order valence-corrected chi connectivity index (χ0v) is 16.4. The maximum absolute atomic E-state index is 12.0. The van der Waals surface area contributed by atoms with Crippen molar-refractivity contribution in [3.63, 3.8) is 0 Å². The normalized spacial score (nSPS) is 10.8. The van der Waals surface area contributed by atoms with Crippen molar-refractivity contribution in [3.05, 3.63) is 44.0 Å². The van der Waals surface area contributed by atoms with Crippen LogP contribution in [0, 0.1) is 0 Å². The van der Waals surface area contributed by atoms with Gasteiger partial charge in [-0.2, -0.15) is 0 Å². The van der Waals surface area contributed by atoms with Crippen molar-refractivity contribution in [2.45, 2.75) is 11.3 Å². The molecule has 0 unspecified atom stereocenters. The maximum atomic E-state index is 12.0. The predicted octanol–water partition coefficient (Wildman–Crippen LogP) is 5.88. The molecular formula is C15H10Cl3N3O2S2. The molecule has 25 heavy (non-hydrogen) atoms. The van der Waals surface area contributed by atoms with Crippen LogP contribution in [0.4, 0.5) is 6.01 Å². The van der Waals surface area contributed by atoms with Gasteiger partial charge in [-0.1, -0.05) is 39.9 Å². The van der Waals surface area contributed by atoms with Crippen LogP contribution in [0.3, 0.4) is 0 Å². The lowest BCUT2D eigenvalue weighted by Gasteiger charge is -2.02. The Kier molecular flexibility index (Phi) is 6.24. The highest BCUT2D eigenvalue weighted by Crippen LogP contribution is 2.37. The molecule has 0 radical (unpaired) electrons. The van der Waals surface area contributed by atoms with Crippen LogP contribution >= 0.6 is 57.9 Å². The van der Waals surface area contributed by atoms with Crippen molar-refractivity contribution in [1.29, 1.82) is 0 Å². The molecule has 5 nitrogen and oxygen atoms in total. The first kappa shape index (κ1) is 18.5. The summed E-state index contributed by atoms with van der Waals surface area (Å²) in [6.45, 7) is 0. The van der Waals surface area contributed by atoms with E-state index in [0.29, 0.717) is 31.4 Å². The van der Waals surface area contributed by atoms with E-state index < -0.39 is 0 Å². The summed E-state index contributed by atoms with van der Waals surface area (Å²) in [6, 6.07) is 9.10. The highest BCUT2D eigenvalue weighted by Gasteiger charge is 2.16. The number of carbonyl (C=O) groups excluding carboxylic acids is 1. The first-order chi connectivity index (χ1) is 12.0. The average molecular weight is 435 g/mol. The number of carbonyl (C=O) groups is 1. The van der Waals surface area contributed by atoms with Gasteiger partial charge in [0, 0.05) is 22.1 Å². The Bertz CT molecular complexity index is 881. The molecule has 0 bridgehead atoms. The Balaban J connectivity index is 1.51. The van der Waals surface area contributed by atoms with Gasteiger partial charge in [0.1, 0.15) is 4.34 Å². The fourth-order valence-corrected chi connectivity index (χ4v) is 4.27. The zero-order chi connectivity index (χ0) is 17.8. The fourth-order valence-electron chi connectivity index (χ4n) is 1.84. The molecule has 0 aliphatic rings. The third kappa shape index (κ3) is 5.12. The van der Waals surface area contributed by atoms with E-state index in [9.17, 15) is 4.79 Å². The second-order valence-corrected chi connectivity index (χ2v) is 8.64. The van der Waals surface area contributed by atoms with Crippen LogP contribution in [-0.2, 0) is 4.79 Å². The first-order valence-electron chi connectivity index (χ1n) is 6.98. The largest absolute Gasteiger partial charge is 0.403 e. The monoisotopic (exact) mass is 433 g/mol. The summed E-state index contributed by atoms with van der Waals surface area (Å²) in [4.78, 5) is 13.0. The number of rotatable bonds is 6.